The fourth-order valence-corrected chi connectivity index (χ4v) is 3.09. The molecule has 0 bridgehead atoms. The zero-order valence-corrected chi connectivity index (χ0v) is 9.89. The molecule has 0 aromatic carbocycles. The van der Waals surface area contributed by atoms with Gasteiger partial charge in [-0.05, 0) is 6.42 Å². The summed E-state index contributed by atoms with van der Waals surface area (Å²) in [6.45, 7) is 4.55. The molecular weight excluding hydrogens is 216 g/mol. The Morgan fingerprint density at radius 1 is 1.60 bits per heavy atom. The molecule has 0 radical (unpaired) electrons. The van der Waals surface area contributed by atoms with Crippen LogP contribution in [0.5, 0.6) is 0 Å². The number of hydrogen-bond acceptors (Lipinski definition) is 4. The summed E-state index contributed by atoms with van der Waals surface area (Å²) in [5.41, 5.74) is 5.55. The molecular formula is C8H20N4O2S. The van der Waals surface area contributed by atoms with E-state index in [0.717, 1.165) is 6.42 Å². The SMILES string of the molecule is CCCNS(=O)(=O)N1CCNCC1CN. The lowest BCUT2D eigenvalue weighted by Crippen LogP contribution is -2.58. The Bertz CT molecular complexity index is 280. The van der Waals surface area contributed by atoms with Crippen molar-refractivity contribution in [1.29, 1.82) is 0 Å². The van der Waals surface area contributed by atoms with Crippen LogP contribution in [0, 0.1) is 0 Å². The van der Waals surface area contributed by atoms with E-state index in [1.165, 1.54) is 4.31 Å². The van der Waals surface area contributed by atoms with Crippen molar-refractivity contribution in [2.45, 2.75) is 19.4 Å². The maximum absolute atomic E-state index is 11.8. The predicted octanol–water partition coefficient (Wildman–Crippen LogP) is -1.54. The summed E-state index contributed by atoms with van der Waals surface area (Å²) in [6, 6.07) is -0.131. The number of piperazine rings is 1. The minimum atomic E-state index is -3.34. The van der Waals surface area contributed by atoms with Crippen molar-refractivity contribution in [2.75, 3.05) is 32.7 Å². The molecule has 1 fully saturated rings. The van der Waals surface area contributed by atoms with E-state index in [2.05, 4.69) is 10.0 Å². The Balaban J connectivity index is 2.65. The summed E-state index contributed by atoms with van der Waals surface area (Å²) in [5.74, 6) is 0. The van der Waals surface area contributed by atoms with E-state index in [-0.39, 0.29) is 6.04 Å². The number of nitrogens with one attached hydrogen (secondary N) is 2. The molecule has 1 saturated heterocycles. The predicted molar refractivity (Wildman–Crippen MR) is 59.6 cm³/mol. The number of nitrogens with two attached hydrogens (primary N) is 1. The van der Waals surface area contributed by atoms with Crippen molar-refractivity contribution in [3.05, 3.63) is 0 Å². The maximum Gasteiger partial charge on any atom is 0.279 e. The molecule has 1 aliphatic heterocycles. The molecule has 90 valence electrons. The lowest BCUT2D eigenvalue weighted by molar-refractivity contribution is 0.269. The van der Waals surface area contributed by atoms with E-state index in [9.17, 15) is 8.42 Å². The zero-order valence-electron chi connectivity index (χ0n) is 9.07. The number of nitrogens with zero attached hydrogens (tertiary/aromatic N) is 1. The van der Waals surface area contributed by atoms with Crippen LogP contribution >= 0.6 is 0 Å². The van der Waals surface area contributed by atoms with Crippen LogP contribution in [-0.4, -0.2) is 51.5 Å². The molecule has 0 spiro atoms. The lowest BCUT2D eigenvalue weighted by atomic mass is 10.2. The third-order valence-electron chi connectivity index (χ3n) is 2.41. The number of hydrogen-bond donors (Lipinski definition) is 3. The third-order valence-corrected chi connectivity index (χ3v) is 4.08. The smallest absolute Gasteiger partial charge is 0.279 e. The van der Waals surface area contributed by atoms with Crippen LogP contribution in [0.3, 0.4) is 0 Å². The molecule has 4 N–H and O–H groups in total. The maximum atomic E-state index is 11.8. The van der Waals surface area contributed by atoms with Gasteiger partial charge in [0.1, 0.15) is 0 Å². The van der Waals surface area contributed by atoms with Gasteiger partial charge in [-0.1, -0.05) is 6.92 Å². The molecule has 1 atom stereocenters. The van der Waals surface area contributed by atoms with Gasteiger partial charge in [0.2, 0.25) is 0 Å². The summed E-state index contributed by atoms with van der Waals surface area (Å²) in [4.78, 5) is 0. The van der Waals surface area contributed by atoms with Crippen molar-refractivity contribution < 1.29 is 8.42 Å². The highest BCUT2D eigenvalue weighted by atomic mass is 32.2. The molecule has 0 aromatic rings. The quantitative estimate of drug-likeness (QED) is 0.540. The van der Waals surface area contributed by atoms with Gasteiger partial charge >= 0.3 is 0 Å². The van der Waals surface area contributed by atoms with Gasteiger partial charge in [0, 0.05) is 32.7 Å². The van der Waals surface area contributed by atoms with Gasteiger partial charge in [0.25, 0.3) is 10.2 Å². The second-order valence-corrected chi connectivity index (χ2v) is 5.31. The van der Waals surface area contributed by atoms with Crippen LogP contribution in [0.2, 0.25) is 0 Å². The first-order valence-electron chi connectivity index (χ1n) is 5.29. The first kappa shape index (κ1) is 12.9. The Morgan fingerprint density at radius 3 is 2.93 bits per heavy atom. The summed E-state index contributed by atoms with van der Waals surface area (Å²) >= 11 is 0. The molecule has 1 unspecified atom stereocenters. The van der Waals surface area contributed by atoms with Crippen LogP contribution in [0.25, 0.3) is 0 Å². The fraction of sp³-hybridized carbons (Fsp3) is 1.00. The van der Waals surface area contributed by atoms with Crippen molar-refractivity contribution in [3.63, 3.8) is 0 Å². The van der Waals surface area contributed by atoms with E-state index >= 15 is 0 Å². The van der Waals surface area contributed by atoms with Gasteiger partial charge in [-0.15, -0.1) is 0 Å². The van der Waals surface area contributed by atoms with Crippen LogP contribution in [0.4, 0.5) is 0 Å². The first-order valence-corrected chi connectivity index (χ1v) is 6.73. The second kappa shape index (κ2) is 5.76. The summed E-state index contributed by atoms with van der Waals surface area (Å²) in [5, 5.41) is 3.13. The van der Waals surface area contributed by atoms with Crippen LogP contribution in [0.1, 0.15) is 13.3 Å². The molecule has 0 amide bonds. The van der Waals surface area contributed by atoms with Gasteiger partial charge in [-0.2, -0.15) is 12.7 Å². The van der Waals surface area contributed by atoms with Gasteiger partial charge in [0.05, 0.1) is 6.04 Å². The van der Waals surface area contributed by atoms with Gasteiger partial charge in [-0.3, -0.25) is 0 Å². The Labute approximate surface area is 91.4 Å². The van der Waals surface area contributed by atoms with Gasteiger partial charge in [-0.25, -0.2) is 4.72 Å². The highest BCUT2D eigenvalue weighted by molar-refractivity contribution is 7.87. The van der Waals surface area contributed by atoms with E-state index in [1.54, 1.807) is 0 Å². The summed E-state index contributed by atoms with van der Waals surface area (Å²) in [6.07, 6.45) is 0.790. The molecule has 15 heavy (non-hydrogen) atoms. The van der Waals surface area contributed by atoms with Crippen molar-refractivity contribution >= 4 is 10.2 Å². The molecule has 0 aromatic heterocycles. The number of rotatable bonds is 5. The van der Waals surface area contributed by atoms with E-state index in [1.807, 2.05) is 6.92 Å². The van der Waals surface area contributed by atoms with E-state index < -0.39 is 10.2 Å². The van der Waals surface area contributed by atoms with Gasteiger partial charge < -0.3 is 11.1 Å². The van der Waals surface area contributed by atoms with Crippen LogP contribution in [0.15, 0.2) is 0 Å². The Kier molecular flexibility index (Phi) is 4.94. The second-order valence-electron chi connectivity index (χ2n) is 3.60. The fourth-order valence-electron chi connectivity index (χ4n) is 1.57. The molecule has 6 nitrogen and oxygen atoms in total. The molecule has 1 heterocycles. The molecule has 0 aliphatic carbocycles. The Morgan fingerprint density at radius 2 is 2.33 bits per heavy atom. The average Bonchev–Trinajstić information content (AvgIpc) is 2.26. The average molecular weight is 236 g/mol. The minimum Gasteiger partial charge on any atom is -0.329 e. The third kappa shape index (κ3) is 3.39. The molecule has 1 aliphatic rings. The normalized spacial score (nSPS) is 24.3. The highest BCUT2D eigenvalue weighted by Gasteiger charge is 2.30. The van der Waals surface area contributed by atoms with Crippen molar-refractivity contribution in [1.82, 2.24) is 14.3 Å². The highest BCUT2D eigenvalue weighted by Crippen LogP contribution is 2.07. The van der Waals surface area contributed by atoms with Crippen LogP contribution in [-0.2, 0) is 10.2 Å². The van der Waals surface area contributed by atoms with E-state index in [0.29, 0.717) is 32.7 Å². The molecule has 7 heteroatoms. The van der Waals surface area contributed by atoms with Crippen molar-refractivity contribution in [2.24, 2.45) is 5.73 Å². The topological polar surface area (TPSA) is 87.5 Å². The lowest BCUT2D eigenvalue weighted by Gasteiger charge is -2.34. The van der Waals surface area contributed by atoms with Gasteiger partial charge in [0.15, 0.2) is 0 Å². The zero-order chi connectivity index (χ0) is 11.3. The molecule has 0 saturated carbocycles. The van der Waals surface area contributed by atoms with Crippen LogP contribution < -0.4 is 15.8 Å². The summed E-state index contributed by atoms with van der Waals surface area (Å²) in [7, 11) is -3.34. The summed E-state index contributed by atoms with van der Waals surface area (Å²) < 4.78 is 27.7. The standard InChI is InChI=1S/C8H20N4O2S/c1-2-3-11-15(13,14)12-5-4-10-7-8(12)6-9/h8,10-11H,2-7,9H2,1H3. The molecule has 1 rings (SSSR count). The Hall–Kier alpha value is -0.210. The minimum absolute atomic E-state index is 0.131. The van der Waals surface area contributed by atoms with Crippen molar-refractivity contribution in [3.8, 4) is 0 Å². The first-order chi connectivity index (χ1) is 7.11. The monoisotopic (exact) mass is 236 g/mol. The largest absolute Gasteiger partial charge is 0.329 e. The van der Waals surface area contributed by atoms with E-state index in [4.69, 9.17) is 5.73 Å².